The monoisotopic (exact) mass is 481 g/mol. The number of piperidine rings is 1. The average molecular weight is 482 g/mol. The van der Waals surface area contributed by atoms with Gasteiger partial charge in [-0.25, -0.2) is 13.8 Å². The maximum atomic E-state index is 13.8. The topological polar surface area (TPSA) is 84.6 Å². The normalized spacial score (nSPS) is 16.1. The molecule has 182 valence electrons. The number of rotatable bonds is 6. The highest BCUT2D eigenvalue weighted by Gasteiger charge is 2.26. The molecule has 5 rings (SSSR count). The quantitative estimate of drug-likeness (QED) is 0.362. The van der Waals surface area contributed by atoms with Crippen molar-refractivity contribution in [1.29, 1.82) is 0 Å². The first-order valence-electron chi connectivity index (χ1n) is 11.7. The number of hydrogen-bond donors (Lipinski definition) is 0. The van der Waals surface area contributed by atoms with Crippen molar-refractivity contribution in [3.05, 3.63) is 81.0 Å². The summed E-state index contributed by atoms with van der Waals surface area (Å²) < 4.78 is 33.3. The minimum absolute atomic E-state index is 0.0526. The maximum absolute atomic E-state index is 13.8. The standard InChI is InChI=1S/C25H25F2N5O3/c26-21-8-7-19(14-22(21)27)35-24-20-16-30(15-17-5-4-6-18(13-17)32(33)34)12-9-23(20)28-25(29-24)31-10-2-1-3-11-31/h4-8,13-14H,1-3,9-12,15-16H2. The van der Waals surface area contributed by atoms with E-state index in [-0.39, 0.29) is 11.4 Å². The molecule has 0 radical (unpaired) electrons. The van der Waals surface area contributed by atoms with E-state index in [1.807, 2.05) is 6.07 Å². The Morgan fingerprint density at radius 3 is 2.60 bits per heavy atom. The summed E-state index contributed by atoms with van der Waals surface area (Å²) in [7, 11) is 0. The first-order valence-corrected chi connectivity index (χ1v) is 11.7. The number of nitro groups is 1. The number of hydrogen-bond acceptors (Lipinski definition) is 7. The summed E-state index contributed by atoms with van der Waals surface area (Å²) in [5.74, 6) is -0.864. The number of nitrogens with zero attached hydrogens (tertiary/aromatic N) is 5. The SMILES string of the molecule is O=[N+]([O-])c1cccc(CN2CCc3nc(N4CCCCC4)nc(Oc4ccc(F)c(F)c4)c3C2)c1. The minimum atomic E-state index is -0.992. The molecule has 2 aliphatic rings. The van der Waals surface area contributed by atoms with Crippen molar-refractivity contribution in [3.63, 3.8) is 0 Å². The molecule has 0 N–H and O–H groups in total. The van der Waals surface area contributed by atoms with Gasteiger partial charge in [-0.15, -0.1) is 0 Å². The fraction of sp³-hybridized carbons (Fsp3) is 0.360. The smallest absolute Gasteiger partial charge is 0.269 e. The second kappa shape index (κ2) is 9.91. The molecule has 1 fully saturated rings. The van der Waals surface area contributed by atoms with Crippen LogP contribution in [0.3, 0.4) is 0 Å². The Hall–Kier alpha value is -3.66. The molecular formula is C25H25F2N5O3. The molecule has 0 aliphatic carbocycles. The van der Waals surface area contributed by atoms with E-state index in [9.17, 15) is 18.9 Å². The van der Waals surface area contributed by atoms with Gasteiger partial charge in [0.05, 0.1) is 16.2 Å². The van der Waals surface area contributed by atoms with E-state index < -0.39 is 16.6 Å². The van der Waals surface area contributed by atoms with Crippen LogP contribution in [0.5, 0.6) is 11.6 Å². The third-order valence-corrected chi connectivity index (χ3v) is 6.36. The van der Waals surface area contributed by atoms with E-state index in [0.717, 1.165) is 61.4 Å². The lowest BCUT2D eigenvalue weighted by Crippen LogP contribution is -2.34. The van der Waals surface area contributed by atoms with Gasteiger partial charge < -0.3 is 9.64 Å². The van der Waals surface area contributed by atoms with Crippen molar-refractivity contribution in [3.8, 4) is 11.6 Å². The zero-order chi connectivity index (χ0) is 24.4. The van der Waals surface area contributed by atoms with E-state index in [4.69, 9.17) is 14.7 Å². The zero-order valence-electron chi connectivity index (χ0n) is 19.1. The van der Waals surface area contributed by atoms with Gasteiger partial charge in [-0.3, -0.25) is 15.0 Å². The first kappa shape index (κ1) is 23.1. The van der Waals surface area contributed by atoms with Crippen LogP contribution in [0.1, 0.15) is 36.1 Å². The molecule has 0 bridgehead atoms. The van der Waals surface area contributed by atoms with E-state index in [2.05, 4.69) is 9.80 Å². The van der Waals surface area contributed by atoms with E-state index in [1.165, 1.54) is 18.6 Å². The molecule has 3 aromatic rings. The molecule has 35 heavy (non-hydrogen) atoms. The van der Waals surface area contributed by atoms with Crippen molar-refractivity contribution in [2.24, 2.45) is 0 Å². The number of aromatic nitrogens is 2. The van der Waals surface area contributed by atoms with Gasteiger partial charge in [0.25, 0.3) is 5.69 Å². The Labute approximate surface area is 201 Å². The molecule has 10 heteroatoms. The summed E-state index contributed by atoms with van der Waals surface area (Å²) in [4.78, 5) is 24.5. The summed E-state index contributed by atoms with van der Waals surface area (Å²) in [6.07, 6.45) is 3.96. The molecule has 8 nitrogen and oxygen atoms in total. The maximum Gasteiger partial charge on any atom is 0.269 e. The van der Waals surface area contributed by atoms with Crippen LogP contribution in [0, 0.1) is 21.7 Å². The van der Waals surface area contributed by atoms with Crippen LogP contribution in [-0.2, 0) is 19.5 Å². The molecule has 0 atom stereocenters. The Bertz CT molecular complexity index is 1250. The predicted molar refractivity (Wildman–Crippen MR) is 125 cm³/mol. The largest absolute Gasteiger partial charge is 0.438 e. The lowest BCUT2D eigenvalue weighted by atomic mass is 10.1. The summed E-state index contributed by atoms with van der Waals surface area (Å²) in [6.45, 7) is 3.43. The summed E-state index contributed by atoms with van der Waals surface area (Å²) in [6, 6.07) is 9.99. The fourth-order valence-corrected chi connectivity index (χ4v) is 4.56. The van der Waals surface area contributed by atoms with Crippen LogP contribution in [0.25, 0.3) is 0 Å². The van der Waals surface area contributed by atoms with Crippen molar-refractivity contribution >= 4 is 11.6 Å². The molecule has 0 amide bonds. The molecule has 2 aliphatic heterocycles. The third-order valence-electron chi connectivity index (χ3n) is 6.36. The number of anilines is 1. The number of fused-ring (bicyclic) bond motifs is 1. The van der Waals surface area contributed by atoms with E-state index in [0.29, 0.717) is 31.3 Å². The highest BCUT2D eigenvalue weighted by atomic mass is 19.2. The molecule has 0 unspecified atom stereocenters. The van der Waals surface area contributed by atoms with E-state index in [1.54, 1.807) is 12.1 Å². The summed E-state index contributed by atoms with van der Waals surface area (Å²) in [5, 5.41) is 11.1. The highest BCUT2D eigenvalue weighted by Crippen LogP contribution is 2.33. The Morgan fingerprint density at radius 2 is 1.83 bits per heavy atom. The number of non-ortho nitro benzene ring substituents is 1. The van der Waals surface area contributed by atoms with Gasteiger partial charge in [0.15, 0.2) is 11.6 Å². The number of ether oxygens (including phenoxy) is 1. The first-order chi connectivity index (χ1) is 17.0. The lowest BCUT2D eigenvalue weighted by Gasteiger charge is -2.31. The lowest BCUT2D eigenvalue weighted by molar-refractivity contribution is -0.384. The van der Waals surface area contributed by atoms with Gasteiger partial charge >= 0.3 is 0 Å². The van der Waals surface area contributed by atoms with Gasteiger partial charge in [0.2, 0.25) is 11.8 Å². The Morgan fingerprint density at radius 1 is 1.00 bits per heavy atom. The Balaban J connectivity index is 1.44. The fourth-order valence-electron chi connectivity index (χ4n) is 4.56. The van der Waals surface area contributed by atoms with Gasteiger partial charge in [-0.05, 0) is 37.0 Å². The molecule has 1 saturated heterocycles. The van der Waals surface area contributed by atoms with Gasteiger partial charge in [0.1, 0.15) is 5.75 Å². The van der Waals surface area contributed by atoms with Crippen LogP contribution in [0.2, 0.25) is 0 Å². The molecule has 3 heterocycles. The second-order valence-electron chi connectivity index (χ2n) is 8.87. The number of nitro benzene ring substituents is 1. The Kier molecular flexibility index (Phi) is 6.54. The molecule has 0 spiro atoms. The van der Waals surface area contributed by atoms with Crippen LogP contribution in [0.15, 0.2) is 42.5 Å². The van der Waals surface area contributed by atoms with Crippen LogP contribution < -0.4 is 9.64 Å². The van der Waals surface area contributed by atoms with Crippen LogP contribution >= 0.6 is 0 Å². The van der Waals surface area contributed by atoms with Crippen molar-refractivity contribution in [2.45, 2.75) is 38.8 Å². The van der Waals surface area contributed by atoms with Crippen molar-refractivity contribution in [1.82, 2.24) is 14.9 Å². The van der Waals surface area contributed by atoms with Crippen LogP contribution in [0.4, 0.5) is 20.4 Å². The predicted octanol–water partition coefficient (Wildman–Crippen LogP) is 5.00. The van der Waals surface area contributed by atoms with Crippen molar-refractivity contribution < 1.29 is 18.4 Å². The van der Waals surface area contributed by atoms with Crippen LogP contribution in [-0.4, -0.2) is 39.4 Å². The average Bonchev–Trinajstić information content (AvgIpc) is 2.87. The third kappa shape index (κ3) is 5.22. The number of benzene rings is 2. The second-order valence-corrected chi connectivity index (χ2v) is 8.87. The molecule has 1 aromatic heterocycles. The summed E-state index contributed by atoms with van der Waals surface area (Å²) >= 11 is 0. The molecular weight excluding hydrogens is 456 g/mol. The highest BCUT2D eigenvalue weighted by molar-refractivity contribution is 5.44. The zero-order valence-corrected chi connectivity index (χ0v) is 19.1. The van der Waals surface area contributed by atoms with Gasteiger partial charge in [-0.2, -0.15) is 4.98 Å². The number of halogens is 2. The summed E-state index contributed by atoms with van der Waals surface area (Å²) in [5.41, 5.74) is 2.54. The molecule has 0 saturated carbocycles. The minimum Gasteiger partial charge on any atom is -0.438 e. The van der Waals surface area contributed by atoms with Gasteiger partial charge in [0, 0.05) is 57.3 Å². The molecule has 2 aromatic carbocycles. The van der Waals surface area contributed by atoms with E-state index >= 15 is 0 Å². The van der Waals surface area contributed by atoms with Crippen molar-refractivity contribution in [2.75, 3.05) is 24.5 Å². The van der Waals surface area contributed by atoms with Gasteiger partial charge in [-0.1, -0.05) is 12.1 Å².